The molecule has 2 aliphatic heterocycles. The molecule has 1 N–H and O–H groups in total. The highest BCUT2D eigenvalue weighted by Crippen LogP contribution is 2.34. The molecule has 2 aliphatic rings. The number of carbonyl (C=O) groups is 2. The molecule has 2 amide bonds. The Bertz CT molecular complexity index is 1240. The van der Waals surface area contributed by atoms with Crippen LogP contribution in [0.2, 0.25) is 10.0 Å². The van der Waals surface area contributed by atoms with Gasteiger partial charge in [-0.25, -0.2) is 4.39 Å². The fourth-order valence-electron chi connectivity index (χ4n) is 5.46. The second-order valence-electron chi connectivity index (χ2n) is 9.82. The van der Waals surface area contributed by atoms with E-state index < -0.39 is 5.82 Å². The van der Waals surface area contributed by atoms with Crippen molar-refractivity contribution in [3.05, 3.63) is 105 Å². The zero-order valence-corrected chi connectivity index (χ0v) is 21.8. The molecular formula is C29H28Cl2FN3O2. The van der Waals surface area contributed by atoms with Crippen molar-refractivity contribution < 1.29 is 14.0 Å². The lowest BCUT2D eigenvalue weighted by atomic mass is 10.0. The molecule has 0 saturated carbocycles. The van der Waals surface area contributed by atoms with Crippen LogP contribution in [0.3, 0.4) is 0 Å². The van der Waals surface area contributed by atoms with Crippen LogP contribution in [0.25, 0.3) is 0 Å². The van der Waals surface area contributed by atoms with Gasteiger partial charge in [-0.3, -0.25) is 9.59 Å². The maximum absolute atomic E-state index is 14.3. The molecule has 192 valence electrons. The normalized spacial score (nSPS) is 20.0. The number of fused-ring (bicyclic) bond motifs is 1. The number of amides is 2. The van der Waals surface area contributed by atoms with Crippen molar-refractivity contribution in [2.75, 3.05) is 32.7 Å². The average molecular weight is 540 g/mol. The Hall–Kier alpha value is -2.93. The van der Waals surface area contributed by atoms with Gasteiger partial charge in [0.1, 0.15) is 5.82 Å². The van der Waals surface area contributed by atoms with Crippen LogP contribution >= 0.6 is 23.2 Å². The molecule has 2 unspecified atom stereocenters. The van der Waals surface area contributed by atoms with Crippen molar-refractivity contribution >= 4 is 35.0 Å². The van der Waals surface area contributed by atoms with E-state index in [1.165, 1.54) is 12.1 Å². The van der Waals surface area contributed by atoms with Crippen LogP contribution in [0.5, 0.6) is 0 Å². The van der Waals surface area contributed by atoms with Crippen LogP contribution < -0.4 is 5.32 Å². The minimum Gasteiger partial charge on any atom is -0.345 e. The molecule has 0 spiro atoms. The molecular weight excluding hydrogens is 512 g/mol. The lowest BCUT2D eigenvalue weighted by Crippen LogP contribution is -2.35. The van der Waals surface area contributed by atoms with Gasteiger partial charge in [-0.2, -0.15) is 0 Å². The Labute approximate surface area is 226 Å². The Morgan fingerprint density at radius 3 is 2.22 bits per heavy atom. The molecule has 0 bridgehead atoms. The molecule has 3 aromatic carbocycles. The van der Waals surface area contributed by atoms with Crippen molar-refractivity contribution in [1.29, 1.82) is 0 Å². The predicted molar refractivity (Wildman–Crippen MR) is 143 cm³/mol. The Kier molecular flexibility index (Phi) is 7.79. The van der Waals surface area contributed by atoms with Crippen LogP contribution in [0, 0.1) is 17.7 Å². The fourth-order valence-corrected chi connectivity index (χ4v) is 5.83. The number of halogens is 3. The third-order valence-electron chi connectivity index (χ3n) is 7.37. The third-order valence-corrected chi connectivity index (χ3v) is 7.94. The molecule has 3 aromatic rings. The molecule has 5 nitrogen and oxygen atoms in total. The van der Waals surface area contributed by atoms with Gasteiger partial charge >= 0.3 is 0 Å². The second-order valence-corrected chi connectivity index (χ2v) is 10.7. The number of nitrogens with zero attached hydrogens (tertiary/aromatic N) is 2. The second kappa shape index (κ2) is 11.2. The maximum atomic E-state index is 14.3. The highest BCUT2D eigenvalue weighted by Gasteiger charge is 2.42. The number of nitrogens with one attached hydrogen (secondary N) is 1. The fraction of sp³-hybridized carbons (Fsp3) is 0.310. The van der Waals surface area contributed by atoms with E-state index in [1.54, 1.807) is 35.2 Å². The van der Waals surface area contributed by atoms with E-state index in [-0.39, 0.29) is 28.4 Å². The summed E-state index contributed by atoms with van der Waals surface area (Å²) >= 11 is 12.1. The summed E-state index contributed by atoms with van der Waals surface area (Å²) in [5.41, 5.74) is 1.59. The minimum absolute atomic E-state index is 0.0388. The first kappa shape index (κ1) is 25.7. The van der Waals surface area contributed by atoms with Crippen LogP contribution in [0.1, 0.15) is 38.7 Å². The zero-order valence-electron chi connectivity index (χ0n) is 20.2. The molecule has 0 radical (unpaired) electrons. The summed E-state index contributed by atoms with van der Waals surface area (Å²) in [7, 11) is 0. The van der Waals surface area contributed by atoms with Gasteiger partial charge in [0.25, 0.3) is 11.8 Å². The van der Waals surface area contributed by atoms with E-state index in [0.717, 1.165) is 31.6 Å². The largest absolute Gasteiger partial charge is 0.345 e. The molecule has 0 aromatic heterocycles. The summed E-state index contributed by atoms with van der Waals surface area (Å²) in [5, 5.41) is 3.92. The predicted octanol–water partition coefficient (Wildman–Crippen LogP) is 5.70. The molecule has 2 fully saturated rings. The molecule has 0 aliphatic carbocycles. The van der Waals surface area contributed by atoms with Crippen molar-refractivity contribution in [3.8, 4) is 0 Å². The highest BCUT2D eigenvalue weighted by molar-refractivity contribution is 6.33. The Morgan fingerprint density at radius 1 is 0.892 bits per heavy atom. The first-order chi connectivity index (χ1) is 17.9. The van der Waals surface area contributed by atoms with E-state index in [9.17, 15) is 14.0 Å². The molecule has 8 heteroatoms. The van der Waals surface area contributed by atoms with Gasteiger partial charge in [-0.05, 0) is 60.2 Å². The topological polar surface area (TPSA) is 52.7 Å². The van der Waals surface area contributed by atoms with Crippen molar-refractivity contribution in [2.24, 2.45) is 11.8 Å². The van der Waals surface area contributed by atoms with E-state index in [1.807, 2.05) is 30.3 Å². The molecule has 2 saturated heterocycles. The van der Waals surface area contributed by atoms with Crippen molar-refractivity contribution in [3.63, 3.8) is 0 Å². The van der Waals surface area contributed by atoms with Crippen LogP contribution in [-0.4, -0.2) is 54.3 Å². The quantitative estimate of drug-likeness (QED) is 0.419. The summed E-state index contributed by atoms with van der Waals surface area (Å²) in [4.78, 5) is 30.0. The van der Waals surface area contributed by atoms with Gasteiger partial charge in [0.15, 0.2) is 0 Å². The summed E-state index contributed by atoms with van der Waals surface area (Å²) in [6.07, 6.45) is 0.760. The number of hydrogen-bond donors (Lipinski definition) is 1. The summed E-state index contributed by atoms with van der Waals surface area (Å²) in [6.45, 7) is 3.75. The first-order valence-electron chi connectivity index (χ1n) is 12.5. The monoisotopic (exact) mass is 539 g/mol. The van der Waals surface area contributed by atoms with Crippen LogP contribution in [0.15, 0.2) is 72.8 Å². The van der Waals surface area contributed by atoms with Gasteiger partial charge in [0.2, 0.25) is 0 Å². The average Bonchev–Trinajstić information content (AvgIpc) is 3.46. The van der Waals surface area contributed by atoms with Gasteiger partial charge in [-0.1, -0.05) is 59.6 Å². The van der Waals surface area contributed by atoms with Crippen LogP contribution in [-0.2, 0) is 0 Å². The van der Waals surface area contributed by atoms with E-state index in [0.29, 0.717) is 35.5 Å². The van der Waals surface area contributed by atoms with Crippen molar-refractivity contribution in [2.45, 2.75) is 12.5 Å². The Morgan fingerprint density at radius 2 is 1.57 bits per heavy atom. The van der Waals surface area contributed by atoms with Gasteiger partial charge in [0, 0.05) is 43.3 Å². The number of carbonyl (C=O) groups excluding carboxylic acids is 2. The maximum Gasteiger partial charge on any atom is 0.258 e. The van der Waals surface area contributed by atoms with E-state index >= 15 is 0 Å². The molecule has 37 heavy (non-hydrogen) atoms. The van der Waals surface area contributed by atoms with Gasteiger partial charge in [-0.15, -0.1) is 0 Å². The Balaban J connectivity index is 1.19. The standard InChI is InChI=1S/C29H28Cl2FN3O2/c30-23-11-9-20(10-12-23)28(36)33-26(19-5-2-1-3-6-19)13-14-34-15-21-17-35(18-22(21)16-34)29(37)27-24(31)7-4-8-25(27)32/h1-12,21-22,26H,13-18H2,(H,33,36)/t21?,22?,26-/m0/s1. The first-order valence-corrected chi connectivity index (χ1v) is 13.2. The molecule has 2 heterocycles. The van der Waals surface area contributed by atoms with Gasteiger partial charge in [0.05, 0.1) is 16.6 Å². The summed E-state index contributed by atoms with van der Waals surface area (Å²) in [6, 6.07) is 21.0. The molecule has 3 atom stereocenters. The van der Waals surface area contributed by atoms with E-state index in [4.69, 9.17) is 23.2 Å². The highest BCUT2D eigenvalue weighted by atomic mass is 35.5. The lowest BCUT2D eigenvalue weighted by molar-refractivity contribution is 0.0769. The number of rotatable bonds is 7. The lowest BCUT2D eigenvalue weighted by Gasteiger charge is -2.25. The zero-order chi connectivity index (χ0) is 25.9. The summed E-state index contributed by atoms with van der Waals surface area (Å²) < 4.78 is 14.3. The molecule has 5 rings (SSSR count). The summed E-state index contributed by atoms with van der Waals surface area (Å²) in [5.74, 6) is -0.367. The van der Waals surface area contributed by atoms with E-state index in [2.05, 4.69) is 10.2 Å². The smallest absolute Gasteiger partial charge is 0.258 e. The van der Waals surface area contributed by atoms with Gasteiger partial charge < -0.3 is 15.1 Å². The SMILES string of the molecule is O=C(N[C@@H](CCN1CC2CN(C(=O)c3c(F)cccc3Cl)CC2C1)c1ccccc1)c1ccc(Cl)cc1. The number of likely N-dealkylation sites (tertiary alicyclic amines) is 2. The number of hydrogen-bond acceptors (Lipinski definition) is 3. The third kappa shape index (κ3) is 5.82. The number of benzene rings is 3. The van der Waals surface area contributed by atoms with Crippen LogP contribution in [0.4, 0.5) is 4.39 Å². The minimum atomic E-state index is -0.580. The van der Waals surface area contributed by atoms with Crippen molar-refractivity contribution in [1.82, 2.24) is 15.1 Å².